The Morgan fingerprint density at radius 2 is 1.80 bits per heavy atom. The average Bonchev–Trinajstić information content (AvgIpc) is 2.64. The minimum atomic E-state index is -4.76. The number of benzene rings is 1. The molecule has 9 heteroatoms. The highest BCUT2D eigenvalue weighted by Gasteiger charge is 2.52. The Morgan fingerprint density at radius 3 is 2.24 bits per heavy atom. The highest BCUT2D eigenvalue weighted by atomic mass is 35.5. The van der Waals surface area contributed by atoms with Crippen LogP contribution >= 0.6 is 24.2 Å². The third-order valence-corrected chi connectivity index (χ3v) is 4.98. The molecule has 1 heterocycles. The first-order valence-electron chi connectivity index (χ1n) is 7.57. The third kappa shape index (κ3) is 4.87. The normalized spacial score (nSPS) is 20.0. The first kappa shape index (κ1) is 20.5. The van der Waals surface area contributed by atoms with E-state index >= 15 is 0 Å². The van der Waals surface area contributed by atoms with Crippen molar-refractivity contribution in [2.24, 2.45) is 0 Å². The molecular formula is C16H19BClF3O3S. The Labute approximate surface area is 156 Å². The number of hydrogen-bond donors (Lipinski definition) is 1. The highest BCUT2D eigenvalue weighted by Crippen LogP contribution is 2.39. The predicted octanol–water partition coefficient (Wildman–Crippen LogP) is 5.18. The van der Waals surface area contributed by atoms with E-state index in [-0.39, 0.29) is 10.8 Å². The molecule has 3 nitrogen and oxygen atoms in total. The first-order chi connectivity index (χ1) is 11.3. The van der Waals surface area contributed by atoms with Crippen LogP contribution in [0, 0.1) is 0 Å². The van der Waals surface area contributed by atoms with E-state index in [1.807, 2.05) is 27.7 Å². The van der Waals surface area contributed by atoms with Crippen LogP contribution in [0.2, 0.25) is 5.02 Å². The quantitative estimate of drug-likeness (QED) is 0.563. The summed E-state index contributed by atoms with van der Waals surface area (Å²) in [5, 5.41) is 0.123. The van der Waals surface area contributed by atoms with Gasteiger partial charge in [0, 0.05) is 5.75 Å². The molecule has 138 valence electrons. The van der Waals surface area contributed by atoms with Crippen molar-refractivity contribution < 1.29 is 27.2 Å². The third-order valence-electron chi connectivity index (χ3n) is 4.28. The number of halogens is 4. The molecule has 0 amide bonds. The van der Waals surface area contributed by atoms with Crippen molar-refractivity contribution in [1.82, 2.24) is 0 Å². The van der Waals surface area contributed by atoms with Gasteiger partial charge in [-0.1, -0.05) is 17.7 Å². The molecule has 1 fully saturated rings. The molecule has 2 rings (SSSR count). The fourth-order valence-electron chi connectivity index (χ4n) is 2.20. The summed E-state index contributed by atoms with van der Waals surface area (Å²) in [6.45, 7) is 7.72. The number of thiol groups is 1. The Bertz CT molecular complexity index is 661. The molecular weight excluding hydrogens is 375 g/mol. The maximum atomic E-state index is 12.3. The van der Waals surface area contributed by atoms with Crippen LogP contribution in [0.5, 0.6) is 5.75 Å². The van der Waals surface area contributed by atoms with E-state index in [1.165, 1.54) is 12.1 Å². The summed E-state index contributed by atoms with van der Waals surface area (Å²) in [5.41, 5.74) is 0.227. The van der Waals surface area contributed by atoms with Crippen molar-refractivity contribution in [2.75, 3.05) is 5.75 Å². The lowest BCUT2D eigenvalue weighted by Gasteiger charge is -2.32. The Balaban J connectivity index is 2.26. The van der Waals surface area contributed by atoms with E-state index in [2.05, 4.69) is 17.4 Å². The van der Waals surface area contributed by atoms with Gasteiger partial charge in [0.05, 0.1) is 16.2 Å². The molecule has 0 saturated carbocycles. The van der Waals surface area contributed by atoms with Crippen LogP contribution < -0.4 is 4.74 Å². The summed E-state index contributed by atoms with van der Waals surface area (Å²) in [6.07, 6.45) is -3.06. The summed E-state index contributed by atoms with van der Waals surface area (Å²) in [5.74, 6) is -0.0359. The van der Waals surface area contributed by atoms with E-state index in [0.717, 1.165) is 6.07 Å². The Hall–Kier alpha value is -0.825. The summed E-state index contributed by atoms with van der Waals surface area (Å²) in [4.78, 5) is 0. The molecule has 0 aliphatic carbocycles. The molecule has 0 radical (unpaired) electrons. The van der Waals surface area contributed by atoms with Gasteiger partial charge in [-0.3, -0.25) is 0 Å². The summed E-state index contributed by atoms with van der Waals surface area (Å²) >= 11 is 10.4. The van der Waals surface area contributed by atoms with Crippen LogP contribution in [0.25, 0.3) is 6.08 Å². The smallest absolute Gasteiger partial charge is 0.406 e. The molecule has 0 bridgehead atoms. The lowest BCUT2D eigenvalue weighted by Crippen LogP contribution is -2.41. The van der Waals surface area contributed by atoms with Crippen LogP contribution in [0.3, 0.4) is 0 Å². The number of rotatable bonds is 4. The van der Waals surface area contributed by atoms with E-state index in [0.29, 0.717) is 16.8 Å². The minimum Gasteiger partial charge on any atom is -0.406 e. The minimum absolute atomic E-state index is 0.123. The highest BCUT2D eigenvalue weighted by molar-refractivity contribution is 7.80. The molecule has 1 saturated heterocycles. The molecule has 0 spiro atoms. The molecule has 1 aliphatic rings. The van der Waals surface area contributed by atoms with E-state index in [4.69, 9.17) is 20.9 Å². The largest absolute Gasteiger partial charge is 0.573 e. The average molecular weight is 395 g/mol. The van der Waals surface area contributed by atoms with Crippen LogP contribution in [-0.4, -0.2) is 30.4 Å². The van der Waals surface area contributed by atoms with Crippen molar-refractivity contribution in [3.05, 3.63) is 34.3 Å². The molecule has 25 heavy (non-hydrogen) atoms. The Kier molecular flexibility index (Phi) is 5.79. The van der Waals surface area contributed by atoms with E-state index in [9.17, 15) is 13.2 Å². The standard InChI is InChI=1S/C16H19BClF3O3S/c1-14(2)15(3,4)24-17(23-14)11(9-25)7-10-5-6-12(8-13(10)18)22-16(19,20)21/h5-8,25H,9H2,1-4H3. The Morgan fingerprint density at radius 1 is 1.24 bits per heavy atom. The summed E-state index contributed by atoms with van der Waals surface area (Å²) in [6, 6.07) is 3.75. The molecule has 0 atom stereocenters. The summed E-state index contributed by atoms with van der Waals surface area (Å²) in [7, 11) is -0.607. The van der Waals surface area contributed by atoms with Gasteiger partial charge >= 0.3 is 13.5 Å². The lowest BCUT2D eigenvalue weighted by molar-refractivity contribution is -0.274. The predicted molar refractivity (Wildman–Crippen MR) is 96.0 cm³/mol. The van der Waals surface area contributed by atoms with Gasteiger partial charge in [-0.25, -0.2) is 0 Å². The van der Waals surface area contributed by atoms with Crippen molar-refractivity contribution in [1.29, 1.82) is 0 Å². The lowest BCUT2D eigenvalue weighted by atomic mass is 9.78. The van der Waals surface area contributed by atoms with Gasteiger partial charge in [0.2, 0.25) is 0 Å². The van der Waals surface area contributed by atoms with Gasteiger partial charge in [-0.05, 0) is 56.9 Å². The first-order valence-corrected chi connectivity index (χ1v) is 8.58. The monoisotopic (exact) mass is 394 g/mol. The second kappa shape index (κ2) is 7.06. The summed E-state index contributed by atoms with van der Waals surface area (Å²) < 4.78 is 52.6. The van der Waals surface area contributed by atoms with Crippen LogP contribution in [-0.2, 0) is 9.31 Å². The maximum absolute atomic E-state index is 12.3. The van der Waals surface area contributed by atoms with Gasteiger partial charge in [-0.15, -0.1) is 13.2 Å². The van der Waals surface area contributed by atoms with Crippen LogP contribution in [0.15, 0.2) is 23.7 Å². The van der Waals surface area contributed by atoms with E-state index in [1.54, 1.807) is 6.08 Å². The van der Waals surface area contributed by atoms with Crippen LogP contribution in [0.4, 0.5) is 13.2 Å². The van der Waals surface area contributed by atoms with Gasteiger partial charge in [0.25, 0.3) is 0 Å². The van der Waals surface area contributed by atoms with Crippen molar-refractivity contribution in [2.45, 2.75) is 45.3 Å². The molecule has 0 aromatic heterocycles. The zero-order valence-electron chi connectivity index (χ0n) is 14.3. The van der Waals surface area contributed by atoms with Crippen LogP contribution in [0.1, 0.15) is 33.3 Å². The maximum Gasteiger partial charge on any atom is 0.573 e. The molecule has 1 aromatic carbocycles. The fraction of sp³-hybridized carbons (Fsp3) is 0.500. The molecule has 0 unspecified atom stereocenters. The zero-order chi connectivity index (χ0) is 19.0. The van der Waals surface area contributed by atoms with Crippen molar-refractivity contribution >= 4 is 37.4 Å². The topological polar surface area (TPSA) is 27.7 Å². The second-order valence-corrected chi connectivity index (χ2v) is 7.42. The number of ether oxygens (including phenoxy) is 1. The molecule has 1 aromatic rings. The SMILES string of the molecule is CC1(C)OB(C(=Cc2ccc(OC(F)(F)F)cc2Cl)CS)OC1(C)C. The molecule has 0 N–H and O–H groups in total. The van der Waals surface area contributed by atoms with Gasteiger partial charge in [0.1, 0.15) is 5.75 Å². The van der Waals surface area contributed by atoms with Gasteiger partial charge in [0.15, 0.2) is 0 Å². The van der Waals surface area contributed by atoms with Crippen molar-refractivity contribution in [3.8, 4) is 5.75 Å². The number of hydrogen-bond acceptors (Lipinski definition) is 4. The second-order valence-electron chi connectivity index (χ2n) is 6.70. The van der Waals surface area contributed by atoms with E-state index < -0.39 is 24.7 Å². The molecule has 1 aliphatic heterocycles. The van der Waals surface area contributed by atoms with Crippen molar-refractivity contribution in [3.63, 3.8) is 0 Å². The van der Waals surface area contributed by atoms with Gasteiger partial charge < -0.3 is 14.0 Å². The fourth-order valence-corrected chi connectivity index (χ4v) is 2.67. The van der Waals surface area contributed by atoms with Gasteiger partial charge in [-0.2, -0.15) is 12.6 Å². The number of alkyl halides is 3. The zero-order valence-corrected chi connectivity index (χ0v) is 15.9.